The van der Waals surface area contributed by atoms with Gasteiger partial charge in [0, 0.05) is 12.2 Å². The van der Waals surface area contributed by atoms with Crippen molar-refractivity contribution in [2.75, 3.05) is 11.9 Å². The summed E-state index contributed by atoms with van der Waals surface area (Å²) < 4.78 is 0. The number of benzene rings is 1. The predicted octanol–water partition coefficient (Wildman–Crippen LogP) is 3.26. The van der Waals surface area contributed by atoms with E-state index >= 15 is 0 Å². The maximum absolute atomic E-state index is 11.8. The first-order chi connectivity index (χ1) is 11.2. The third kappa shape index (κ3) is 4.16. The van der Waals surface area contributed by atoms with Crippen LogP contribution in [-0.4, -0.2) is 22.4 Å². The van der Waals surface area contributed by atoms with Crippen molar-refractivity contribution in [1.29, 1.82) is 0 Å². The van der Waals surface area contributed by atoms with Crippen LogP contribution in [0.2, 0.25) is 0 Å². The zero-order valence-corrected chi connectivity index (χ0v) is 13.6. The minimum absolute atomic E-state index is 0.257. The molecule has 0 spiro atoms. The average molecular weight is 310 g/mol. The monoisotopic (exact) mass is 310 g/mol. The molecule has 23 heavy (non-hydrogen) atoms. The molecule has 0 bridgehead atoms. The van der Waals surface area contributed by atoms with Crippen LogP contribution in [0.3, 0.4) is 0 Å². The molecular formula is C18H22N4O. The van der Waals surface area contributed by atoms with E-state index in [9.17, 15) is 4.79 Å². The maximum Gasteiger partial charge on any atom is 0.271 e. The van der Waals surface area contributed by atoms with Crippen molar-refractivity contribution in [3.05, 3.63) is 60.1 Å². The van der Waals surface area contributed by atoms with Crippen molar-refractivity contribution in [3.63, 3.8) is 0 Å². The van der Waals surface area contributed by atoms with Crippen LogP contribution < -0.4 is 10.6 Å². The molecule has 0 radical (unpaired) electrons. The van der Waals surface area contributed by atoms with Gasteiger partial charge in [-0.1, -0.05) is 38.1 Å². The zero-order chi connectivity index (χ0) is 16.7. The van der Waals surface area contributed by atoms with E-state index in [1.807, 2.05) is 0 Å². The van der Waals surface area contributed by atoms with Gasteiger partial charge in [0.2, 0.25) is 0 Å². The van der Waals surface area contributed by atoms with Crippen molar-refractivity contribution < 1.29 is 4.79 Å². The maximum atomic E-state index is 11.8. The summed E-state index contributed by atoms with van der Waals surface area (Å²) >= 11 is 0. The largest absolute Gasteiger partial charge is 0.347 e. The minimum Gasteiger partial charge on any atom is -0.347 e. The standard InChI is InChI=1S/C18H22N4O/c1-4-10-19-18(23)15-11-21-16(12-20-15)22-17-13(5-2)8-7-9-14(17)6-3/h4,7-9,11-12H,1,5-6,10H2,2-3H3,(H,19,23)(H,21,22). The molecule has 0 saturated heterocycles. The van der Waals surface area contributed by atoms with Gasteiger partial charge in [-0.2, -0.15) is 0 Å². The lowest BCUT2D eigenvalue weighted by Crippen LogP contribution is -2.24. The van der Waals surface area contributed by atoms with Crippen LogP contribution >= 0.6 is 0 Å². The molecule has 1 heterocycles. The summed E-state index contributed by atoms with van der Waals surface area (Å²) in [5.41, 5.74) is 3.84. The SMILES string of the molecule is C=CCNC(=O)c1cnc(Nc2c(CC)cccc2CC)cn1. The molecule has 0 unspecified atom stereocenters. The fraction of sp³-hybridized carbons (Fsp3) is 0.278. The fourth-order valence-corrected chi connectivity index (χ4v) is 2.30. The second kappa shape index (κ2) is 8.08. The third-order valence-electron chi connectivity index (χ3n) is 3.54. The number of carbonyl (C=O) groups excluding carboxylic acids is 1. The van der Waals surface area contributed by atoms with Gasteiger partial charge < -0.3 is 10.6 Å². The topological polar surface area (TPSA) is 66.9 Å². The lowest BCUT2D eigenvalue weighted by Gasteiger charge is -2.14. The summed E-state index contributed by atoms with van der Waals surface area (Å²) in [4.78, 5) is 20.3. The highest BCUT2D eigenvalue weighted by Crippen LogP contribution is 2.25. The number of amides is 1. The van der Waals surface area contributed by atoms with Gasteiger partial charge in [0.15, 0.2) is 0 Å². The van der Waals surface area contributed by atoms with Crippen LogP contribution in [0.15, 0.2) is 43.2 Å². The van der Waals surface area contributed by atoms with Gasteiger partial charge in [0.25, 0.3) is 5.91 Å². The smallest absolute Gasteiger partial charge is 0.271 e. The quantitative estimate of drug-likeness (QED) is 0.770. The van der Waals surface area contributed by atoms with Gasteiger partial charge >= 0.3 is 0 Å². The Balaban J connectivity index is 2.18. The number of aryl methyl sites for hydroxylation is 2. The Kier molecular flexibility index (Phi) is 5.86. The average Bonchev–Trinajstić information content (AvgIpc) is 2.60. The van der Waals surface area contributed by atoms with Crippen LogP contribution in [0.1, 0.15) is 35.5 Å². The Hall–Kier alpha value is -2.69. The first-order valence-electron chi connectivity index (χ1n) is 7.78. The lowest BCUT2D eigenvalue weighted by atomic mass is 10.0. The molecule has 5 nitrogen and oxygen atoms in total. The number of carbonyl (C=O) groups is 1. The van der Waals surface area contributed by atoms with Crippen LogP contribution in [0.25, 0.3) is 0 Å². The normalized spacial score (nSPS) is 10.2. The Morgan fingerprint density at radius 1 is 1.17 bits per heavy atom. The lowest BCUT2D eigenvalue weighted by molar-refractivity contribution is 0.0952. The second-order valence-corrected chi connectivity index (χ2v) is 5.07. The summed E-state index contributed by atoms with van der Waals surface area (Å²) in [6, 6.07) is 6.28. The summed E-state index contributed by atoms with van der Waals surface area (Å²) in [5.74, 6) is 0.369. The molecule has 0 saturated carbocycles. The minimum atomic E-state index is -0.257. The molecule has 5 heteroatoms. The molecule has 120 valence electrons. The number of aromatic nitrogens is 2. The zero-order valence-electron chi connectivity index (χ0n) is 13.6. The molecule has 2 rings (SSSR count). The van der Waals surface area contributed by atoms with Gasteiger partial charge in [-0.25, -0.2) is 9.97 Å². The molecule has 0 atom stereocenters. The molecule has 2 N–H and O–H groups in total. The molecule has 2 aromatic rings. The van der Waals surface area contributed by atoms with Crippen LogP contribution in [0.4, 0.5) is 11.5 Å². The highest BCUT2D eigenvalue weighted by atomic mass is 16.1. The first kappa shape index (κ1) is 16.7. The van der Waals surface area contributed by atoms with E-state index in [1.54, 1.807) is 12.3 Å². The molecule has 0 aliphatic carbocycles. The number of nitrogens with zero attached hydrogens (tertiary/aromatic N) is 2. The van der Waals surface area contributed by atoms with E-state index in [-0.39, 0.29) is 11.6 Å². The number of hydrogen-bond donors (Lipinski definition) is 2. The van der Waals surface area contributed by atoms with Gasteiger partial charge in [0.1, 0.15) is 11.5 Å². The van der Waals surface area contributed by atoms with Gasteiger partial charge in [-0.15, -0.1) is 6.58 Å². The summed E-state index contributed by atoms with van der Waals surface area (Å²) in [5, 5.41) is 6.01. The van der Waals surface area contributed by atoms with Crippen molar-refractivity contribution in [2.45, 2.75) is 26.7 Å². The molecule has 0 aliphatic rings. The molecule has 1 aromatic carbocycles. The highest BCUT2D eigenvalue weighted by Gasteiger charge is 2.09. The second-order valence-electron chi connectivity index (χ2n) is 5.07. The number of para-hydroxylation sites is 1. The Labute approximate surface area is 136 Å². The van der Waals surface area contributed by atoms with E-state index in [0.717, 1.165) is 18.5 Å². The van der Waals surface area contributed by atoms with Gasteiger partial charge in [-0.05, 0) is 24.0 Å². The number of nitrogens with one attached hydrogen (secondary N) is 2. The predicted molar refractivity (Wildman–Crippen MR) is 93.0 cm³/mol. The summed E-state index contributed by atoms with van der Waals surface area (Å²) in [6.45, 7) is 8.21. The highest BCUT2D eigenvalue weighted by molar-refractivity contribution is 5.92. The Morgan fingerprint density at radius 2 is 1.87 bits per heavy atom. The summed E-state index contributed by atoms with van der Waals surface area (Å²) in [6.07, 6.45) is 6.54. The number of hydrogen-bond acceptors (Lipinski definition) is 4. The molecule has 1 amide bonds. The van der Waals surface area contributed by atoms with E-state index < -0.39 is 0 Å². The Morgan fingerprint density at radius 3 is 2.39 bits per heavy atom. The van der Waals surface area contributed by atoms with Crippen molar-refractivity contribution in [1.82, 2.24) is 15.3 Å². The van der Waals surface area contributed by atoms with E-state index in [0.29, 0.717) is 12.4 Å². The van der Waals surface area contributed by atoms with Crippen molar-refractivity contribution >= 4 is 17.4 Å². The van der Waals surface area contributed by atoms with E-state index in [4.69, 9.17) is 0 Å². The van der Waals surface area contributed by atoms with E-state index in [2.05, 4.69) is 59.2 Å². The van der Waals surface area contributed by atoms with E-state index in [1.165, 1.54) is 17.3 Å². The van der Waals surface area contributed by atoms with Crippen molar-refractivity contribution in [3.8, 4) is 0 Å². The molecule has 0 fully saturated rings. The van der Waals surface area contributed by atoms with Crippen LogP contribution in [-0.2, 0) is 12.8 Å². The van der Waals surface area contributed by atoms with Crippen LogP contribution in [0, 0.1) is 0 Å². The van der Waals surface area contributed by atoms with Crippen molar-refractivity contribution in [2.24, 2.45) is 0 Å². The summed E-state index contributed by atoms with van der Waals surface area (Å²) in [7, 11) is 0. The molecular weight excluding hydrogens is 288 g/mol. The van der Waals surface area contributed by atoms with Crippen LogP contribution in [0.5, 0.6) is 0 Å². The van der Waals surface area contributed by atoms with Gasteiger partial charge in [0.05, 0.1) is 12.4 Å². The third-order valence-corrected chi connectivity index (χ3v) is 3.54. The van der Waals surface area contributed by atoms with Gasteiger partial charge in [-0.3, -0.25) is 4.79 Å². The number of anilines is 2. The molecule has 0 aliphatic heterocycles. The fourth-order valence-electron chi connectivity index (χ4n) is 2.30. The molecule has 1 aromatic heterocycles. The number of rotatable bonds is 7. The Bertz CT molecular complexity index is 658. The first-order valence-corrected chi connectivity index (χ1v) is 7.78.